The maximum atomic E-state index is 14.1. The maximum Gasteiger partial charge on any atom is 0.488 e. The predicted octanol–water partition coefficient (Wildman–Crippen LogP) is 5.20. The summed E-state index contributed by atoms with van der Waals surface area (Å²) in [7, 11) is -5.20. The van der Waals surface area contributed by atoms with E-state index in [9.17, 15) is 17.1 Å². The summed E-state index contributed by atoms with van der Waals surface area (Å²) >= 11 is 0. The molecule has 0 saturated carbocycles. The molecular weight excluding hydrogens is 533 g/mol. The Morgan fingerprint density at radius 1 is 1.10 bits per heavy atom. The van der Waals surface area contributed by atoms with Crippen LogP contribution in [0.15, 0.2) is 59.4 Å². The molecule has 10 heteroatoms. The number of pyridine rings is 1. The molecular formula is C30H26FN3O5S. The quantitative estimate of drug-likeness (QED) is 0.219. The lowest BCUT2D eigenvalue weighted by molar-refractivity contribution is 0.342. The van der Waals surface area contributed by atoms with Crippen molar-refractivity contribution in [1.82, 2.24) is 14.9 Å². The Morgan fingerprint density at radius 3 is 2.62 bits per heavy atom. The van der Waals surface area contributed by atoms with Gasteiger partial charge in [0, 0.05) is 28.1 Å². The third kappa shape index (κ3) is 4.57. The first-order valence-corrected chi connectivity index (χ1v) is 14.3. The van der Waals surface area contributed by atoms with E-state index < -0.39 is 10.5 Å². The largest absolute Gasteiger partial charge is 0.493 e. The monoisotopic (exact) mass is 559 g/mol. The number of hydrogen-bond donors (Lipinski definition) is 2. The summed E-state index contributed by atoms with van der Waals surface area (Å²) in [4.78, 5) is 17.6. The van der Waals surface area contributed by atoms with Crippen LogP contribution in [0.4, 0.5) is 3.89 Å². The number of ether oxygens (including phenoxy) is 1. The van der Waals surface area contributed by atoms with Crippen LogP contribution >= 0.6 is 0 Å². The zero-order chi connectivity index (χ0) is 28.0. The molecule has 1 saturated heterocycles. The van der Waals surface area contributed by atoms with Crippen LogP contribution in [0.1, 0.15) is 31.4 Å². The van der Waals surface area contributed by atoms with Gasteiger partial charge < -0.3 is 23.8 Å². The van der Waals surface area contributed by atoms with E-state index in [2.05, 4.69) is 25.0 Å². The van der Waals surface area contributed by atoms with Crippen LogP contribution in [0.2, 0.25) is 0 Å². The molecule has 2 aromatic heterocycles. The number of benzene rings is 3. The highest BCUT2D eigenvalue weighted by Gasteiger charge is 2.25. The zero-order valence-electron chi connectivity index (χ0n) is 21.7. The molecule has 0 bridgehead atoms. The number of rotatable bonds is 6. The molecule has 2 N–H and O–H groups in total. The average molecular weight is 560 g/mol. The number of aromatic nitrogens is 2. The summed E-state index contributed by atoms with van der Waals surface area (Å²) in [6.45, 7) is 3.84. The molecule has 8 nitrogen and oxygen atoms in total. The van der Waals surface area contributed by atoms with Gasteiger partial charge in [-0.1, -0.05) is 28.0 Å². The topological polar surface area (TPSA) is 102 Å². The predicted molar refractivity (Wildman–Crippen MR) is 154 cm³/mol. The first kappa shape index (κ1) is 25.9. The van der Waals surface area contributed by atoms with Crippen LogP contribution in [0.3, 0.4) is 0 Å². The van der Waals surface area contributed by atoms with E-state index in [-0.39, 0.29) is 17.2 Å². The second-order valence-corrected chi connectivity index (χ2v) is 10.7. The number of halogens is 1. The summed E-state index contributed by atoms with van der Waals surface area (Å²) in [5.74, 6) is 2.92. The Labute approximate surface area is 230 Å². The Bertz CT molecular complexity index is 2000. The van der Waals surface area contributed by atoms with Gasteiger partial charge in [-0.15, -0.1) is 6.42 Å². The molecule has 3 heterocycles. The molecule has 6 rings (SSSR count). The van der Waals surface area contributed by atoms with E-state index in [1.807, 2.05) is 31.2 Å². The lowest BCUT2D eigenvalue weighted by Gasteiger charge is -2.28. The SMILES string of the molecule is C#Cc1ccc2c(c1)[nH]c1c2c(=O)c2cc(OCC)c(-c3cccc(OS(=O)(=O)F)c3)cc2n1C1CCNCC1. The number of hydrogen-bond acceptors (Lipinski definition) is 6. The minimum absolute atomic E-state index is 0.101. The van der Waals surface area contributed by atoms with Crippen LogP contribution in [-0.2, 0) is 10.5 Å². The van der Waals surface area contributed by atoms with Crippen molar-refractivity contribution in [3.8, 4) is 35.0 Å². The van der Waals surface area contributed by atoms with Crippen molar-refractivity contribution >= 4 is 43.3 Å². The van der Waals surface area contributed by atoms with E-state index in [0.717, 1.165) is 36.8 Å². The number of piperidine rings is 1. The van der Waals surface area contributed by atoms with Crippen molar-refractivity contribution in [2.24, 2.45) is 0 Å². The number of fused-ring (bicyclic) bond motifs is 4. The van der Waals surface area contributed by atoms with E-state index in [1.165, 1.54) is 12.1 Å². The molecule has 1 fully saturated rings. The molecule has 0 spiro atoms. The van der Waals surface area contributed by atoms with Crippen LogP contribution in [0.25, 0.3) is 44.0 Å². The standard InChI is InChI=1S/C30H26FN3O5S/c1-3-18-8-9-22-25(14-18)33-30-28(22)29(35)24-17-27(38-4-2)23(16-26(24)34(30)20-10-12-32-13-11-20)19-6-5-7-21(15-19)39-40(31,36)37/h1,5-9,14-17,20,32-33H,4,10-13H2,2H3. The van der Waals surface area contributed by atoms with E-state index >= 15 is 0 Å². The van der Waals surface area contributed by atoms with Gasteiger partial charge in [-0.3, -0.25) is 4.79 Å². The van der Waals surface area contributed by atoms with Gasteiger partial charge in [0.1, 0.15) is 17.1 Å². The molecule has 40 heavy (non-hydrogen) atoms. The zero-order valence-corrected chi connectivity index (χ0v) is 22.5. The number of nitrogens with zero attached hydrogens (tertiary/aromatic N) is 1. The first-order valence-electron chi connectivity index (χ1n) is 13.0. The first-order chi connectivity index (χ1) is 19.3. The lowest BCUT2D eigenvalue weighted by atomic mass is 9.98. The third-order valence-electron chi connectivity index (χ3n) is 7.33. The van der Waals surface area contributed by atoms with Crippen molar-refractivity contribution in [3.63, 3.8) is 0 Å². The highest BCUT2D eigenvalue weighted by Crippen LogP contribution is 2.39. The normalized spacial score (nSPS) is 14.5. The highest BCUT2D eigenvalue weighted by atomic mass is 32.3. The fraction of sp³-hybridized carbons (Fsp3) is 0.233. The summed E-state index contributed by atoms with van der Waals surface area (Å²) in [5.41, 5.74) is 3.93. The average Bonchev–Trinajstić information content (AvgIpc) is 3.31. The van der Waals surface area contributed by atoms with Crippen LogP contribution in [-0.4, -0.2) is 37.7 Å². The Balaban J connectivity index is 1.70. The van der Waals surface area contributed by atoms with Crippen molar-refractivity contribution in [3.05, 3.63) is 70.4 Å². The van der Waals surface area contributed by atoms with Crippen molar-refractivity contribution < 1.29 is 21.2 Å². The van der Waals surface area contributed by atoms with E-state index in [1.54, 1.807) is 18.2 Å². The summed E-state index contributed by atoms with van der Waals surface area (Å²) in [5, 5.41) is 5.28. The number of H-pyrrole nitrogens is 1. The van der Waals surface area contributed by atoms with Crippen molar-refractivity contribution in [2.45, 2.75) is 25.8 Å². The number of terminal acetylenes is 1. The molecule has 1 aliphatic heterocycles. The maximum absolute atomic E-state index is 14.1. The summed E-state index contributed by atoms with van der Waals surface area (Å²) in [6, 6.07) is 15.4. The summed E-state index contributed by atoms with van der Waals surface area (Å²) < 4.78 is 48.1. The highest BCUT2D eigenvalue weighted by molar-refractivity contribution is 7.81. The fourth-order valence-electron chi connectivity index (χ4n) is 5.66. The van der Waals surface area contributed by atoms with E-state index in [4.69, 9.17) is 11.2 Å². The summed E-state index contributed by atoms with van der Waals surface area (Å²) in [6.07, 6.45) is 7.36. The second-order valence-electron chi connectivity index (χ2n) is 9.74. The third-order valence-corrected chi connectivity index (χ3v) is 7.72. The molecule has 204 valence electrons. The van der Waals surface area contributed by atoms with Gasteiger partial charge in [0.15, 0.2) is 5.43 Å². The molecule has 0 radical (unpaired) electrons. The number of aromatic amines is 1. The Morgan fingerprint density at radius 2 is 1.90 bits per heavy atom. The lowest BCUT2D eigenvalue weighted by Crippen LogP contribution is -2.30. The van der Waals surface area contributed by atoms with Crippen molar-refractivity contribution in [2.75, 3.05) is 19.7 Å². The van der Waals surface area contributed by atoms with Gasteiger partial charge in [0.05, 0.1) is 22.9 Å². The van der Waals surface area contributed by atoms with E-state index in [0.29, 0.717) is 51.0 Å². The molecule has 5 aromatic rings. The van der Waals surface area contributed by atoms with Gasteiger partial charge >= 0.3 is 10.5 Å². The molecule has 1 aliphatic rings. The molecule has 0 aliphatic carbocycles. The van der Waals surface area contributed by atoms with Gasteiger partial charge in [0.2, 0.25) is 0 Å². The molecule has 0 amide bonds. The molecule has 3 aromatic carbocycles. The Kier molecular flexibility index (Phi) is 6.49. The number of nitrogens with one attached hydrogen (secondary N) is 2. The van der Waals surface area contributed by atoms with Gasteiger partial charge in [-0.05, 0) is 74.8 Å². The minimum Gasteiger partial charge on any atom is -0.493 e. The van der Waals surface area contributed by atoms with Gasteiger partial charge in [-0.2, -0.15) is 8.42 Å². The van der Waals surface area contributed by atoms with Crippen LogP contribution in [0.5, 0.6) is 11.5 Å². The smallest absolute Gasteiger partial charge is 0.488 e. The second kappa shape index (κ2) is 10.0. The van der Waals surface area contributed by atoms with Gasteiger partial charge in [-0.25, -0.2) is 0 Å². The molecule has 0 atom stereocenters. The minimum atomic E-state index is -5.20. The van der Waals surface area contributed by atoms with Crippen molar-refractivity contribution in [1.29, 1.82) is 0 Å². The van der Waals surface area contributed by atoms with Crippen LogP contribution < -0.4 is 19.7 Å². The van der Waals surface area contributed by atoms with Gasteiger partial charge in [0.25, 0.3) is 0 Å². The van der Waals surface area contributed by atoms with Crippen LogP contribution in [0, 0.1) is 12.3 Å². The Hall–Kier alpha value is -4.33. The molecule has 0 unspecified atom stereocenters. The fourth-order valence-corrected chi connectivity index (χ4v) is 6.00.